The van der Waals surface area contributed by atoms with Gasteiger partial charge in [0.2, 0.25) is 5.95 Å². The first kappa shape index (κ1) is 24.7. The molecule has 0 radical (unpaired) electrons. The molecule has 0 saturated carbocycles. The highest BCUT2D eigenvalue weighted by atomic mass is 35.5. The molecule has 0 aliphatic carbocycles. The van der Waals surface area contributed by atoms with Crippen LogP contribution in [0.2, 0.25) is 5.02 Å². The minimum absolute atomic E-state index is 0.117. The first-order chi connectivity index (χ1) is 15.4. The van der Waals surface area contributed by atoms with Crippen molar-refractivity contribution in [3.8, 4) is 6.07 Å². The van der Waals surface area contributed by atoms with Crippen molar-refractivity contribution in [3.05, 3.63) is 40.2 Å². The number of hydrogen-bond acceptors (Lipinski definition) is 6. The Morgan fingerprint density at radius 2 is 2.09 bits per heavy atom. The Morgan fingerprint density at radius 3 is 2.70 bits per heavy atom. The number of alkyl halides is 3. The summed E-state index contributed by atoms with van der Waals surface area (Å²) in [6, 6.07) is 0.806. The van der Waals surface area contributed by atoms with Crippen LogP contribution in [0.1, 0.15) is 28.3 Å². The van der Waals surface area contributed by atoms with Crippen LogP contribution in [0.15, 0.2) is 12.1 Å². The first-order valence-electron chi connectivity index (χ1n) is 9.13. The molecule has 0 aromatic carbocycles. The van der Waals surface area contributed by atoms with E-state index in [0.29, 0.717) is 6.42 Å². The molecule has 0 bridgehead atoms. The molecule has 33 heavy (non-hydrogen) atoms. The van der Waals surface area contributed by atoms with E-state index in [1.165, 1.54) is 9.29 Å². The van der Waals surface area contributed by atoms with Crippen LogP contribution in [-0.2, 0) is 23.2 Å². The molecule has 3 rings (SSSR count). The summed E-state index contributed by atoms with van der Waals surface area (Å²) in [5, 5.41) is 19.7. The molecule has 1 aliphatic rings. The molecule has 0 spiro atoms. The summed E-state index contributed by atoms with van der Waals surface area (Å²) in [7, 11) is -4.86. The molecule has 1 unspecified atom stereocenters. The number of carbonyl (C=O) groups excluding carboxylic acids is 1. The van der Waals surface area contributed by atoms with Crippen LogP contribution in [0, 0.1) is 17.3 Å². The standard InChI is InChI=1S/C17H15ClF4N6O4S/c18-13-14(27-33(31,32)26-11(7-29)17(20,21)22)10-2-1-3-28(10)15(13)16(30)25-8-4-9(6-23)24-12(19)5-8/h4-5,11,26-27,29H,1-3,7H2,(H,24,25,30). The van der Waals surface area contributed by atoms with E-state index in [9.17, 15) is 30.8 Å². The maximum absolute atomic E-state index is 13.5. The average molecular weight is 511 g/mol. The van der Waals surface area contributed by atoms with Gasteiger partial charge in [-0.1, -0.05) is 11.6 Å². The van der Waals surface area contributed by atoms with Crippen LogP contribution >= 0.6 is 11.6 Å². The van der Waals surface area contributed by atoms with Crippen LogP contribution in [-0.4, -0.2) is 47.8 Å². The van der Waals surface area contributed by atoms with Gasteiger partial charge in [0, 0.05) is 24.0 Å². The van der Waals surface area contributed by atoms with Crippen LogP contribution in [0.3, 0.4) is 0 Å². The number of halogens is 5. The lowest BCUT2D eigenvalue weighted by atomic mass is 10.2. The highest BCUT2D eigenvalue weighted by Crippen LogP contribution is 2.38. The van der Waals surface area contributed by atoms with Crippen molar-refractivity contribution < 1.29 is 35.9 Å². The van der Waals surface area contributed by atoms with Crippen molar-refractivity contribution >= 4 is 39.1 Å². The monoisotopic (exact) mass is 510 g/mol. The van der Waals surface area contributed by atoms with E-state index in [2.05, 4.69) is 10.3 Å². The zero-order chi connectivity index (χ0) is 24.6. The third kappa shape index (κ3) is 5.36. The maximum Gasteiger partial charge on any atom is 0.407 e. The molecular weight excluding hydrogens is 496 g/mol. The number of anilines is 2. The summed E-state index contributed by atoms with van der Waals surface area (Å²) >= 11 is 6.22. The smallest absolute Gasteiger partial charge is 0.394 e. The zero-order valence-corrected chi connectivity index (χ0v) is 17.9. The van der Waals surface area contributed by atoms with E-state index >= 15 is 0 Å². The molecule has 10 nitrogen and oxygen atoms in total. The van der Waals surface area contributed by atoms with Crippen molar-refractivity contribution in [2.45, 2.75) is 31.6 Å². The van der Waals surface area contributed by atoms with Crippen LogP contribution in [0.4, 0.5) is 28.9 Å². The van der Waals surface area contributed by atoms with Crippen molar-refractivity contribution in [1.82, 2.24) is 14.3 Å². The van der Waals surface area contributed by atoms with E-state index in [1.54, 1.807) is 6.07 Å². The van der Waals surface area contributed by atoms with Gasteiger partial charge in [0.25, 0.3) is 16.1 Å². The van der Waals surface area contributed by atoms with Gasteiger partial charge in [-0.25, -0.2) is 4.98 Å². The molecule has 2 aromatic rings. The number of hydrogen-bond donors (Lipinski definition) is 4. The molecular formula is C17H15ClF4N6O4S. The summed E-state index contributed by atoms with van der Waals surface area (Å²) in [5.74, 6) is -1.90. The lowest BCUT2D eigenvalue weighted by Gasteiger charge is -2.20. The largest absolute Gasteiger partial charge is 0.407 e. The summed E-state index contributed by atoms with van der Waals surface area (Å²) < 4.78 is 81.2. The number of aliphatic hydroxyl groups excluding tert-OH is 1. The lowest BCUT2D eigenvalue weighted by molar-refractivity contribution is -0.158. The van der Waals surface area contributed by atoms with Gasteiger partial charge in [0.15, 0.2) is 0 Å². The van der Waals surface area contributed by atoms with Gasteiger partial charge in [-0.2, -0.15) is 36.0 Å². The van der Waals surface area contributed by atoms with Gasteiger partial charge in [-0.3, -0.25) is 9.52 Å². The predicted octanol–water partition coefficient (Wildman–Crippen LogP) is 1.92. The molecule has 4 N–H and O–H groups in total. The fraction of sp³-hybridized carbons (Fsp3) is 0.353. The lowest BCUT2D eigenvalue weighted by Crippen LogP contribution is -2.49. The van der Waals surface area contributed by atoms with E-state index in [0.717, 1.165) is 12.1 Å². The Bertz CT molecular complexity index is 1240. The predicted molar refractivity (Wildman–Crippen MR) is 107 cm³/mol. The quantitative estimate of drug-likeness (QED) is 0.330. The molecule has 1 aliphatic heterocycles. The fourth-order valence-electron chi connectivity index (χ4n) is 3.25. The number of amides is 1. The number of pyridine rings is 1. The highest BCUT2D eigenvalue weighted by Gasteiger charge is 2.42. The van der Waals surface area contributed by atoms with Crippen molar-refractivity contribution in [1.29, 1.82) is 5.26 Å². The summed E-state index contributed by atoms with van der Waals surface area (Å²) in [5.41, 5.74) is -0.689. The fourth-order valence-corrected chi connectivity index (χ4v) is 4.78. The number of aromatic nitrogens is 2. The Kier molecular flexibility index (Phi) is 6.84. The van der Waals surface area contributed by atoms with Crippen molar-refractivity contribution in [2.24, 2.45) is 0 Å². The molecule has 0 saturated heterocycles. The third-order valence-corrected chi connectivity index (χ3v) is 6.04. The second kappa shape index (κ2) is 9.14. The highest BCUT2D eigenvalue weighted by molar-refractivity contribution is 7.90. The molecule has 1 amide bonds. The minimum Gasteiger partial charge on any atom is -0.394 e. The van der Waals surface area contributed by atoms with E-state index in [-0.39, 0.29) is 41.4 Å². The minimum atomic E-state index is -5.05. The van der Waals surface area contributed by atoms with E-state index in [4.69, 9.17) is 22.0 Å². The molecule has 3 heterocycles. The van der Waals surface area contributed by atoms with Gasteiger partial charge in [-0.15, -0.1) is 0 Å². The number of fused-ring (bicyclic) bond motifs is 1. The van der Waals surface area contributed by atoms with Crippen molar-refractivity contribution in [3.63, 3.8) is 0 Å². The van der Waals surface area contributed by atoms with Crippen molar-refractivity contribution in [2.75, 3.05) is 16.6 Å². The Hall–Kier alpha value is -2.93. The van der Waals surface area contributed by atoms with Crippen LogP contribution in [0.25, 0.3) is 0 Å². The Labute approximate surface area is 189 Å². The number of rotatable bonds is 7. The normalized spacial score (nSPS) is 14.5. The van der Waals surface area contributed by atoms with E-state index < -0.39 is 45.9 Å². The SMILES string of the molecule is N#Cc1cc(NC(=O)c2c(Cl)c(NS(=O)(=O)NC(CO)C(F)(F)F)c3n2CCC3)cc(F)n1. The number of nitriles is 1. The number of aliphatic hydroxyl groups is 1. The van der Waals surface area contributed by atoms with Gasteiger partial charge in [-0.05, 0) is 18.9 Å². The number of carbonyl (C=O) groups is 1. The third-order valence-electron chi connectivity index (χ3n) is 4.60. The summed E-state index contributed by atoms with van der Waals surface area (Å²) in [6.45, 7) is -1.28. The molecule has 2 aromatic heterocycles. The number of nitrogens with zero attached hydrogens (tertiary/aromatic N) is 3. The van der Waals surface area contributed by atoms with E-state index in [1.807, 2.05) is 4.72 Å². The van der Waals surface area contributed by atoms with Gasteiger partial charge < -0.3 is 15.0 Å². The maximum atomic E-state index is 13.5. The second-order valence-corrected chi connectivity index (χ2v) is 8.69. The summed E-state index contributed by atoms with van der Waals surface area (Å²) in [4.78, 5) is 16.1. The summed E-state index contributed by atoms with van der Waals surface area (Å²) in [6.07, 6.45) is -4.31. The first-order valence-corrected chi connectivity index (χ1v) is 11.0. The van der Waals surface area contributed by atoms with Gasteiger partial charge >= 0.3 is 6.18 Å². The second-order valence-electron chi connectivity index (χ2n) is 6.87. The molecule has 1 atom stereocenters. The van der Waals surface area contributed by atoms with Crippen LogP contribution < -0.4 is 14.8 Å². The molecule has 178 valence electrons. The molecule has 16 heteroatoms. The number of nitrogens with one attached hydrogen (secondary N) is 3. The van der Waals surface area contributed by atoms with Gasteiger partial charge in [0.1, 0.15) is 23.5 Å². The topological polar surface area (TPSA) is 149 Å². The molecule has 0 fully saturated rings. The Balaban J connectivity index is 1.92. The van der Waals surface area contributed by atoms with Crippen LogP contribution in [0.5, 0.6) is 0 Å². The Morgan fingerprint density at radius 1 is 1.39 bits per heavy atom. The van der Waals surface area contributed by atoms with Gasteiger partial charge in [0.05, 0.1) is 17.3 Å². The average Bonchev–Trinajstić information content (AvgIpc) is 3.26. The zero-order valence-electron chi connectivity index (χ0n) is 16.4.